The van der Waals surface area contributed by atoms with Gasteiger partial charge in [0.05, 0.1) is 14.2 Å². The highest BCUT2D eigenvalue weighted by atomic mass is 31.2. The van der Waals surface area contributed by atoms with E-state index in [-0.39, 0.29) is 0 Å². The molecule has 0 heterocycles. The van der Waals surface area contributed by atoms with Crippen LogP contribution in [0, 0.1) is 5.92 Å². The Kier molecular flexibility index (Phi) is 7.52. The molecule has 0 unspecified atom stereocenters. The van der Waals surface area contributed by atoms with Crippen molar-refractivity contribution >= 4 is 19.5 Å². The summed E-state index contributed by atoms with van der Waals surface area (Å²) in [6.07, 6.45) is 0. The van der Waals surface area contributed by atoms with Crippen LogP contribution < -0.4 is 0 Å². The van der Waals surface area contributed by atoms with Crippen molar-refractivity contribution in [1.82, 2.24) is 0 Å². The zero-order valence-corrected chi connectivity index (χ0v) is 17.1. The first-order chi connectivity index (χ1) is 13.4. The normalized spacial score (nSPS) is 12.5. The van der Waals surface area contributed by atoms with Crippen molar-refractivity contribution in [2.75, 3.05) is 28.4 Å². The van der Waals surface area contributed by atoms with Crippen molar-refractivity contribution in [2.24, 2.45) is 5.92 Å². The van der Waals surface area contributed by atoms with Gasteiger partial charge >= 0.3 is 19.5 Å². The van der Waals surface area contributed by atoms with Crippen LogP contribution in [-0.2, 0) is 32.7 Å². The molecule has 0 radical (unpaired) electrons. The van der Waals surface area contributed by atoms with Gasteiger partial charge in [-0.25, -0.2) is 0 Å². The van der Waals surface area contributed by atoms with Crippen molar-refractivity contribution in [3.8, 4) is 11.1 Å². The first-order valence-corrected chi connectivity index (χ1v) is 10.0. The number of hydrogen-bond donors (Lipinski definition) is 0. The zero-order valence-electron chi connectivity index (χ0n) is 16.2. The highest BCUT2D eigenvalue weighted by molar-refractivity contribution is 7.54. The van der Waals surface area contributed by atoms with Crippen LogP contribution in [0.2, 0.25) is 0 Å². The Labute approximate surface area is 164 Å². The quantitative estimate of drug-likeness (QED) is 0.374. The van der Waals surface area contributed by atoms with E-state index in [1.54, 1.807) is 24.3 Å². The maximum absolute atomic E-state index is 13.2. The highest BCUT2D eigenvalue weighted by Gasteiger charge is 2.49. The second-order valence-corrected chi connectivity index (χ2v) is 8.23. The predicted molar refractivity (Wildman–Crippen MR) is 104 cm³/mol. The van der Waals surface area contributed by atoms with E-state index in [0.29, 0.717) is 5.56 Å². The fourth-order valence-electron chi connectivity index (χ4n) is 2.97. The van der Waals surface area contributed by atoms with Crippen LogP contribution in [0.5, 0.6) is 0 Å². The van der Waals surface area contributed by atoms with Crippen LogP contribution in [0.25, 0.3) is 11.1 Å². The maximum Gasteiger partial charge on any atom is 0.339 e. The lowest BCUT2D eigenvalue weighted by Crippen LogP contribution is -2.32. The van der Waals surface area contributed by atoms with Gasteiger partial charge in [0, 0.05) is 14.2 Å². The SMILES string of the molecule is COC(=O)C(C(=O)OC)[C@H](c1ccc(-c2ccccc2)cc1)P(=O)(OC)OC. The van der Waals surface area contributed by atoms with Crippen LogP contribution in [0.1, 0.15) is 11.2 Å². The molecule has 0 amide bonds. The summed E-state index contributed by atoms with van der Waals surface area (Å²) in [6.45, 7) is 0. The first kappa shape index (κ1) is 21.8. The van der Waals surface area contributed by atoms with E-state index in [1.807, 2.05) is 30.3 Å². The van der Waals surface area contributed by atoms with Gasteiger partial charge in [-0.2, -0.15) is 0 Å². The van der Waals surface area contributed by atoms with Gasteiger partial charge in [-0.3, -0.25) is 14.2 Å². The highest BCUT2D eigenvalue weighted by Crippen LogP contribution is 2.63. The number of ether oxygens (including phenoxy) is 2. The number of methoxy groups -OCH3 is 2. The number of benzene rings is 2. The number of carbonyl (C=O) groups excluding carboxylic acids is 2. The van der Waals surface area contributed by atoms with Gasteiger partial charge in [-0.15, -0.1) is 0 Å². The van der Waals surface area contributed by atoms with Crippen molar-refractivity contribution < 1.29 is 32.7 Å². The zero-order chi connectivity index (χ0) is 20.7. The molecule has 0 saturated carbocycles. The molecule has 0 aliphatic carbocycles. The lowest BCUT2D eigenvalue weighted by atomic mass is 9.96. The lowest BCUT2D eigenvalue weighted by molar-refractivity contribution is -0.159. The smallest absolute Gasteiger partial charge is 0.339 e. The summed E-state index contributed by atoms with van der Waals surface area (Å²) < 4.78 is 32.9. The van der Waals surface area contributed by atoms with Gasteiger partial charge in [0.1, 0.15) is 5.66 Å². The summed E-state index contributed by atoms with van der Waals surface area (Å²) in [5.41, 5.74) is 1.10. The molecule has 0 aromatic heterocycles. The Morgan fingerprint density at radius 1 is 0.750 bits per heavy atom. The summed E-state index contributed by atoms with van der Waals surface area (Å²) in [4.78, 5) is 24.7. The third-order valence-corrected chi connectivity index (χ3v) is 6.73. The Hall–Kier alpha value is -2.47. The lowest BCUT2D eigenvalue weighted by Gasteiger charge is -2.28. The fraction of sp³-hybridized carbons (Fsp3) is 0.300. The van der Waals surface area contributed by atoms with Crippen LogP contribution >= 0.6 is 7.60 Å². The molecule has 2 aromatic rings. The summed E-state index contributed by atoms with van der Waals surface area (Å²) in [5, 5.41) is 0. The topological polar surface area (TPSA) is 88.1 Å². The van der Waals surface area contributed by atoms with Crippen LogP contribution in [0.15, 0.2) is 54.6 Å². The molecule has 0 aliphatic heterocycles. The average Bonchev–Trinajstić information content (AvgIpc) is 2.76. The van der Waals surface area contributed by atoms with E-state index in [9.17, 15) is 14.2 Å². The second kappa shape index (κ2) is 9.64. The van der Waals surface area contributed by atoms with Gasteiger partial charge in [0.25, 0.3) is 0 Å². The minimum Gasteiger partial charge on any atom is -0.468 e. The summed E-state index contributed by atoms with van der Waals surface area (Å²) in [5.74, 6) is -3.29. The molecule has 28 heavy (non-hydrogen) atoms. The number of carbonyl (C=O) groups is 2. The second-order valence-electron chi connectivity index (χ2n) is 5.86. The largest absolute Gasteiger partial charge is 0.468 e. The Balaban J connectivity index is 2.57. The third kappa shape index (κ3) is 4.50. The van der Waals surface area contributed by atoms with Crippen molar-refractivity contribution in [1.29, 1.82) is 0 Å². The number of rotatable bonds is 8. The minimum atomic E-state index is -3.89. The third-order valence-electron chi connectivity index (χ3n) is 4.43. The molecule has 0 aliphatic rings. The molecule has 2 aromatic carbocycles. The summed E-state index contributed by atoms with van der Waals surface area (Å²) in [7, 11) is 0.774. The van der Waals surface area contributed by atoms with E-state index in [2.05, 4.69) is 0 Å². The summed E-state index contributed by atoms with van der Waals surface area (Å²) in [6, 6.07) is 16.6. The van der Waals surface area contributed by atoms with E-state index in [0.717, 1.165) is 25.3 Å². The Bertz CT molecular complexity index is 825. The molecule has 8 heteroatoms. The van der Waals surface area contributed by atoms with Gasteiger partial charge in [-0.1, -0.05) is 54.6 Å². The van der Waals surface area contributed by atoms with E-state index < -0.39 is 31.1 Å². The van der Waals surface area contributed by atoms with Crippen LogP contribution in [0.4, 0.5) is 0 Å². The molecule has 1 atom stereocenters. The van der Waals surface area contributed by atoms with E-state index in [4.69, 9.17) is 18.5 Å². The molecule has 0 bridgehead atoms. The molecule has 150 valence electrons. The van der Waals surface area contributed by atoms with E-state index in [1.165, 1.54) is 14.2 Å². The van der Waals surface area contributed by atoms with Gasteiger partial charge in [-0.05, 0) is 16.7 Å². The maximum atomic E-state index is 13.2. The molecular formula is C20H23O7P. The number of hydrogen-bond acceptors (Lipinski definition) is 7. The van der Waals surface area contributed by atoms with Crippen molar-refractivity contribution in [2.45, 2.75) is 5.66 Å². The number of esters is 2. The first-order valence-electron chi connectivity index (χ1n) is 8.44. The Morgan fingerprint density at radius 2 is 1.21 bits per heavy atom. The van der Waals surface area contributed by atoms with Crippen LogP contribution in [0.3, 0.4) is 0 Å². The van der Waals surface area contributed by atoms with E-state index >= 15 is 0 Å². The molecular weight excluding hydrogens is 383 g/mol. The molecule has 0 fully saturated rings. The molecule has 7 nitrogen and oxygen atoms in total. The standard InChI is InChI=1S/C20H23O7P/c1-24-19(21)17(20(22)25-2)18(28(23,26-3)27-4)16-12-10-15(11-13-16)14-8-6-5-7-9-14/h5-13,17-18H,1-4H3/t18-/m0/s1. The minimum absolute atomic E-state index is 0.424. The monoisotopic (exact) mass is 406 g/mol. The molecule has 0 N–H and O–H groups in total. The van der Waals surface area contributed by atoms with Crippen molar-refractivity contribution in [3.63, 3.8) is 0 Å². The van der Waals surface area contributed by atoms with Crippen LogP contribution in [-0.4, -0.2) is 40.4 Å². The molecule has 0 saturated heterocycles. The predicted octanol–water partition coefficient (Wildman–Crippen LogP) is 3.84. The summed E-state index contributed by atoms with van der Waals surface area (Å²) >= 11 is 0. The van der Waals surface area contributed by atoms with Gasteiger partial charge in [0.2, 0.25) is 0 Å². The molecule has 0 spiro atoms. The van der Waals surface area contributed by atoms with Crippen molar-refractivity contribution in [3.05, 3.63) is 60.2 Å². The van der Waals surface area contributed by atoms with Gasteiger partial charge < -0.3 is 18.5 Å². The van der Waals surface area contributed by atoms with Gasteiger partial charge in [0.15, 0.2) is 5.92 Å². The molecule has 2 rings (SSSR count). The Morgan fingerprint density at radius 3 is 1.64 bits per heavy atom. The average molecular weight is 406 g/mol. The fourth-order valence-corrected chi connectivity index (χ4v) is 4.72.